The molecule has 0 atom stereocenters. The minimum atomic E-state index is -0.180. The van der Waals surface area contributed by atoms with Gasteiger partial charge in [-0.25, -0.2) is 5.10 Å². The van der Waals surface area contributed by atoms with E-state index in [9.17, 15) is 4.79 Å². The van der Waals surface area contributed by atoms with E-state index in [4.69, 9.17) is 4.74 Å². The first kappa shape index (κ1) is 13.6. The number of anilines is 1. The van der Waals surface area contributed by atoms with Crippen LogP contribution >= 0.6 is 0 Å². The Balaban J connectivity index is 2.02. The summed E-state index contributed by atoms with van der Waals surface area (Å²) in [5, 5.41) is 10.1. The molecular weight excluding hydrogens is 268 g/mol. The van der Waals surface area contributed by atoms with Gasteiger partial charge in [-0.3, -0.25) is 4.79 Å². The molecule has 0 aliphatic carbocycles. The molecule has 2 N–H and O–H groups in total. The molecule has 0 saturated carbocycles. The fourth-order valence-electron chi connectivity index (χ4n) is 2.50. The number of methoxy groups -OCH3 is 1. The van der Waals surface area contributed by atoms with Crippen molar-refractivity contribution in [1.29, 1.82) is 0 Å². The zero-order valence-corrected chi connectivity index (χ0v) is 11.9. The summed E-state index contributed by atoms with van der Waals surface area (Å²) in [4.78, 5) is 13.8. The number of hydrogen-bond acceptors (Lipinski definition) is 5. The lowest BCUT2D eigenvalue weighted by molar-refractivity contribution is 0.415. The van der Waals surface area contributed by atoms with Crippen molar-refractivity contribution in [2.24, 2.45) is 0 Å². The largest absolute Gasteiger partial charge is 0.497 e. The third kappa shape index (κ3) is 2.90. The summed E-state index contributed by atoms with van der Waals surface area (Å²) >= 11 is 0. The maximum absolute atomic E-state index is 11.6. The zero-order chi connectivity index (χ0) is 14.7. The first-order valence-corrected chi connectivity index (χ1v) is 6.98. The van der Waals surface area contributed by atoms with Gasteiger partial charge in [0, 0.05) is 37.8 Å². The number of piperazine rings is 1. The van der Waals surface area contributed by atoms with Gasteiger partial charge in [-0.15, -0.1) is 0 Å². The van der Waals surface area contributed by atoms with Crippen molar-refractivity contribution >= 4 is 5.69 Å². The molecule has 0 unspecified atom stereocenters. The molecule has 1 aromatic heterocycles. The van der Waals surface area contributed by atoms with Gasteiger partial charge in [0.15, 0.2) is 0 Å². The van der Waals surface area contributed by atoms with Crippen LogP contribution in [0.15, 0.2) is 35.1 Å². The van der Waals surface area contributed by atoms with E-state index in [-0.39, 0.29) is 5.56 Å². The predicted molar refractivity (Wildman–Crippen MR) is 81.9 cm³/mol. The quantitative estimate of drug-likeness (QED) is 0.875. The highest BCUT2D eigenvalue weighted by Crippen LogP contribution is 2.28. The highest BCUT2D eigenvalue weighted by molar-refractivity contribution is 5.74. The molecule has 0 amide bonds. The van der Waals surface area contributed by atoms with E-state index < -0.39 is 0 Å². The minimum Gasteiger partial charge on any atom is -0.497 e. The summed E-state index contributed by atoms with van der Waals surface area (Å²) in [7, 11) is 1.64. The summed E-state index contributed by atoms with van der Waals surface area (Å²) in [5.41, 5.74) is 2.45. The van der Waals surface area contributed by atoms with Crippen LogP contribution < -0.4 is 20.5 Å². The van der Waals surface area contributed by atoms with Crippen LogP contribution in [0, 0.1) is 0 Å². The third-order valence-corrected chi connectivity index (χ3v) is 3.61. The molecule has 21 heavy (non-hydrogen) atoms. The molecular formula is C15H18N4O2. The standard InChI is InChI=1S/C15H18N4O2/c1-21-12-4-2-11(3-5-12)15-13(10-14(20)17-18-15)19-8-6-16-7-9-19/h2-5,10,16H,6-9H2,1H3,(H,17,20). The average Bonchev–Trinajstić information content (AvgIpc) is 2.56. The molecule has 110 valence electrons. The van der Waals surface area contributed by atoms with Crippen molar-refractivity contribution in [2.45, 2.75) is 0 Å². The maximum Gasteiger partial charge on any atom is 0.266 e. The van der Waals surface area contributed by atoms with E-state index in [1.165, 1.54) is 0 Å². The van der Waals surface area contributed by atoms with Gasteiger partial charge in [-0.05, 0) is 24.3 Å². The van der Waals surface area contributed by atoms with Crippen molar-refractivity contribution in [3.05, 3.63) is 40.7 Å². The Morgan fingerprint density at radius 1 is 1.19 bits per heavy atom. The first-order chi connectivity index (χ1) is 10.3. The molecule has 2 aromatic rings. The van der Waals surface area contributed by atoms with Crippen LogP contribution in [0.3, 0.4) is 0 Å². The molecule has 1 aliphatic heterocycles. The van der Waals surface area contributed by atoms with E-state index >= 15 is 0 Å². The van der Waals surface area contributed by atoms with Crippen LogP contribution in [0.5, 0.6) is 5.75 Å². The van der Waals surface area contributed by atoms with E-state index in [2.05, 4.69) is 20.4 Å². The van der Waals surface area contributed by atoms with Crippen LogP contribution in [-0.2, 0) is 0 Å². The summed E-state index contributed by atoms with van der Waals surface area (Å²) in [6.07, 6.45) is 0. The van der Waals surface area contributed by atoms with Gasteiger partial charge >= 0.3 is 0 Å². The fraction of sp³-hybridized carbons (Fsp3) is 0.333. The Kier molecular flexibility index (Phi) is 3.87. The number of hydrogen-bond donors (Lipinski definition) is 2. The second-order valence-electron chi connectivity index (χ2n) is 4.93. The Labute approximate surface area is 122 Å². The smallest absolute Gasteiger partial charge is 0.266 e. The number of aromatic amines is 1. The molecule has 2 heterocycles. The minimum absolute atomic E-state index is 0.180. The Morgan fingerprint density at radius 2 is 1.90 bits per heavy atom. The van der Waals surface area contributed by atoms with Gasteiger partial charge in [0.25, 0.3) is 5.56 Å². The third-order valence-electron chi connectivity index (χ3n) is 3.61. The van der Waals surface area contributed by atoms with Crippen molar-refractivity contribution in [1.82, 2.24) is 15.5 Å². The summed E-state index contributed by atoms with van der Waals surface area (Å²) in [5.74, 6) is 0.798. The second-order valence-corrected chi connectivity index (χ2v) is 4.93. The van der Waals surface area contributed by atoms with Crippen LogP contribution in [0.25, 0.3) is 11.3 Å². The highest BCUT2D eigenvalue weighted by atomic mass is 16.5. The van der Waals surface area contributed by atoms with E-state index in [0.29, 0.717) is 0 Å². The van der Waals surface area contributed by atoms with Gasteiger partial charge in [0.05, 0.1) is 12.8 Å². The lowest BCUT2D eigenvalue weighted by Crippen LogP contribution is -2.44. The number of rotatable bonds is 3. The number of nitrogens with one attached hydrogen (secondary N) is 2. The monoisotopic (exact) mass is 286 g/mol. The molecule has 0 spiro atoms. The van der Waals surface area contributed by atoms with Crippen LogP contribution in [0.2, 0.25) is 0 Å². The molecule has 0 radical (unpaired) electrons. The lowest BCUT2D eigenvalue weighted by Gasteiger charge is -2.30. The topological polar surface area (TPSA) is 70.2 Å². The summed E-state index contributed by atoms with van der Waals surface area (Å²) in [6, 6.07) is 9.31. The van der Waals surface area contributed by atoms with Crippen LogP contribution in [-0.4, -0.2) is 43.5 Å². The van der Waals surface area contributed by atoms with Gasteiger partial charge in [0.2, 0.25) is 0 Å². The summed E-state index contributed by atoms with van der Waals surface area (Å²) in [6.45, 7) is 3.56. The van der Waals surface area contributed by atoms with Crippen LogP contribution in [0.1, 0.15) is 0 Å². The number of nitrogens with zero attached hydrogens (tertiary/aromatic N) is 2. The fourth-order valence-corrected chi connectivity index (χ4v) is 2.50. The SMILES string of the molecule is COc1ccc(-c2n[nH]c(=O)cc2N2CCNCC2)cc1. The van der Waals surface area contributed by atoms with Gasteiger partial charge in [-0.1, -0.05) is 0 Å². The molecule has 6 nitrogen and oxygen atoms in total. The van der Waals surface area contributed by atoms with Gasteiger partial charge in [0.1, 0.15) is 11.4 Å². The number of aromatic nitrogens is 2. The molecule has 6 heteroatoms. The van der Waals surface area contributed by atoms with E-state index in [0.717, 1.165) is 48.9 Å². The molecule has 3 rings (SSSR count). The first-order valence-electron chi connectivity index (χ1n) is 6.98. The second kappa shape index (κ2) is 5.97. The number of benzene rings is 1. The molecule has 1 aliphatic rings. The molecule has 1 fully saturated rings. The Hall–Kier alpha value is -2.34. The van der Waals surface area contributed by atoms with E-state index in [1.54, 1.807) is 13.2 Å². The van der Waals surface area contributed by atoms with Crippen molar-refractivity contribution in [2.75, 3.05) is 38.2 Å². The van der Waals surface area contributed by atoms with Crippen LogP contribution in [0.4, 0.5) is 5.69 Å². The zero-order valence-electron chi connectivity index (χ0n) is 11.9. The Morgan fingerprint density at radius 3 is 2.57 bits per heavy atom. The molecule has 0 bridgehead atoms. The number of H-pyrrole nitrogens is 1. The Bertz CT molecular complexity index is 660. The normalized spacial score (nSPS) is 15.0. The van der Waals surface area contributed by atoms with Crippen molar-refractivity contribution in [3.8, 4) is 17.0 Å². The molecule has 1 saturated heterocycles. The van der Waals surface area contributed by atoms with Gasteiger partial charge < -0.3 is 15.0 Å². The maximum atomic E-state index is 11.6. The molecule has 1 aromatic carbocycles. The average molecular weight is 286 g/mol. The lowest BCUT2D eigenvalue weighted by atomic mass is 10.1. The van der Waals surface area contributed by atoms with Crippen molar-refractivity contribution in [3.63, 3.8) is 0 Å². The van der Waals surface area contributed by atoms with E-state index in [1.807, 2.05) is 24.3 Å². The van der Waals surface area contributed by atoms with Crippen molar-refractivity contribution < 1.29 is 4.74 Å². The highest BCUT2D eigenvalue weighted by Gasteiger charge is 2.17. The predicted octanol–water partition coefficient (Wildman–Crippen LogP) is 0.855. The number of ether oxygens (including phenoxy) is 1. The van der Waals surface area contributed by atoms with Gasteiger partial charge in [-0.2, -0.15) is 5.10 Å². The summed E-state index contributed by atoms with van der Waals surface area (Å²) < 4.78 is 5.17.